The van der Waals surface area contributed by atoms with Crippen LogP contribution in [-0.4, -0.2) is 33.5 Å². The van der Waals surface area contributed by atoms with Crippen molar-refractivity contribution < 1.29 is 14.8 Å². The number of nitro groups is 1. The summed E-state index contributed by atoms with van der Waals surface area (Å²) < 4.78 is 0. The number of hydrogen-bond acceptors (Lipinski definition) is 5. The van der Waals surface area contributed by atoms with E-state index in [0.717, 1.165) is 9.75 Å². The second-order valence-corrected chi connectivity index (χ2v) is 6.60. The van der Waals surface area contributed by atoms with E-state index in [0.29, 0.717) is 12.1 Å². The Morgan fingerprint density at radius 1 is 1.30 bits per heavy atom. The van der Waals surface area contributed by atoms with Gasteiger partial charge in [0.25, 0.3) is 5.69 Å². The van der Waals surface area contributed by atoms with Crippen LogP contribution in [0.25, 0.3) is 10.4 Å². The molecule has 2 aromatic rings. The van der Waals surface area contributed by atoms with Gasteiger partial charge < -0.3 is 5.11 Å². The van der Waals surface area contributed by atoms with Crippen molar-refractivity contribution in [2.75, 3.05) is 6.54 Å². The first kappa shape index (κ1) is 17.1. The van der Waals surface area contributed by atoms with E-state index in [-0.39, 0.29) is 23.2 Å². The molecule has 0 fully saturated rings. The first-order valence-corrected chi connectivity index (χ1v) is 7.98. The number of aliphatic carboxylic acids is 1. The van der Waals surface area contributed by atoms with Crippen molar-refractivity contribution in [1.29, 1.82) is 0 Å². The van der Waals surface area contributed by atoms with Gasteiger partial charge >= 0.3 is 5.97 Å². The van der Waals surface area contributed by atoms with Gasteiger partial charge in [0.1, 0.15) is 0 Å². The lowest BCUT2D eigenvalue weighted by molar-refractivity contribution is -0.384. The van der Waals surface area contributed by atoms with Gasteiger partial charge in [0, 0.05) is 28.4 Å². The SMILES string of the molecule is CC(C)N(CC(=O)O)Cc1ccc(-c2ccccc2[N+](=O)[O-])s1. The van der Waals surface area contributed by atoms with E-state index < -0.39 is 5.97 Å². The van der Waals surface area contributed by atoms with Gasteiger partial charge in [-0.25, -0.2) is 0 Å². The third-order valence-corrected chi connectivity index (χ3v) is 4.56. The summed E-state index contributed by atoms with van der Waals surface area (Å²) in [5, 5.41) is 20.1. The van der Waals surface area contributed by atoms with E-state index in [1.54, 1.807) is 18.2 Å². The molecule has 0 amide bonds. The Morgan fingerprint density at radius 3 is 2.61 bits per heavy atom. The standard InChI is InChI=1S/C16H18N2O4S/c1-11(2)17(10-16(19)20)9-12-7-8-15(23-12)13-5-3-4-6-14(13)18(21)22/h3-8,11H,9-10H2,1-2H3,(H,19,20). The highest BCUT2D eigenvalue weighted by atomic mass is 32.1. The third kappa shape index (κ3) is 4.37. The second-order valence-electron chi connectivity index (χ2n) is 5.43. The molecular weight excluding hydrogens is 316 g/mol. The average Bonchev–Trinajstić information content (AvgIpc) is 2.94. The molecule has 0 unspecified atom stereocenters. The molecule has 0 saturated carbocycles. The monoisotopic (exact) mass is 334 g/mol. The van der Waals surface area contributed by atoms with Crippen molar-refractivity contribution in [2.24, 2.45) is 0 Å². The van der Waals surface area contributed by atoms with Crippen molar-refractivity contribution in [3.8, 4) is 10.4 Å². The van der Waals surface area contributed by atoms with Gasteiger partial charge in [0.2, 0.25) is 0 Å². The summed E-state index contributed by atoms with van der Waals surface area (Å²) in [4.78, 5) is 25.3. The summed E-state index contributed by atoms with van der Waals surface area (Å²) in [6, 6.07) is 10.5. The summed E-state index contributed by atoms with van der Waals surface area (Å²) >= 11 is 1.45. The van der Waals surface area contributed by atoms with Gasteiger partial charge in [-0.05, 0) is 32.0 Å². The van der Waals surface area contributed by atoms with Gasteiger partial charge in [-0.3, -0.25) is 19.8 Å². The highest BCUT2D eigenvalue weighted by molar-refractivity contribution is 7.15. The lowest BCUT2D eigenvalue weighted by atomic mass is 10.1. The molecule has 23 heavy (non-hydrogen) atoms. The minimum Gasteiger partial charge on any atom is -0.480 e. The summed E-state index contributed by atoms with van der Waals surface area (Å²) in [7, 11) is 0. The topological polar surface area (TPSA) is 83.7 Å². The van der Waals surface area contributed by atoms with Crippen LogP contribution in [0, 0.1) is 10.1 Å². The molecule has 0 spiro atoms. The van der Waals surface area contributed by atoms with Crippen LogP contribution in [0.3, 0.4) is 0 Å². The Labute approximate surface area is 138 Å². The molecule has 1 aromatic heterocycles. The molecule has 1 aromatic carbocycles. The third-order valence-electron chi connectivity index (χ3n) is 3.46. The maximum absolute atomic E-state index is 11.1. The Kier molecular flexibility index (Phi) is 5.46. The van der Waals surface area contributed by atoms with Crippen LogP contribution in [0.2, 0.25) is 0 Å². The number of carboxylic acids is 1. The molecule has 122 valence electrons. The molecule has 0 bridgehead atoms. The van der Waals surface area contributed by atoms with Crippen molar-refractivity contribution in [2.45, 2.75) is 26.4 Å². The highest BCUT2D eigenvalue weighted by Gasteiger charge is 2.18. The fraction of sp³-hybridized carbons (Fsp3) is 0.312. The Bertz CT molecular complexity index is 712. The number of rotatable bonds is 7. The fourth-order valence-corrected chi connectivity index (χ4v) is 3.31. The highest BCUT2D eigenvalue weighted by Crippen LogP contribution is 2.35. The predicted octanol–water partition coefficient (Wildman–Crippen LogP) is 3.62. The molecule has 0 aliphatic heterocycles. The van der Waals surface area contributed by atoms with Crippen LogP contribution < -0.4 is 0 Å². The van der Waals surface area contributed by atoms with Crippen molar-refractivity contribution in [3.05, 3.63) is 51.4 Å². The first-order chi connectivity index (χ1) is 10.9. The number of nitrogens with zero attached hydrogens (tertiary/aromatic N) is 2. The number of thiophene rings is 1. The summed E-state index contributed by atoms with van der Waals surface area (Å²) in [5.41, 5.74) is 0.662. The predicted molar refractivity (Wildman–Crippen MR) is 89.6 cm³/mol. The molecule has 7 heteroatoms. The molecule has 0 atom stereocenters. The molecule has 0 saturated heterocycles. The molecular formula is C16H18N2O4S. The largest absolute Gasteiger partial charge is 0.480 e. The quantitative estimate of drug-likeness (QED) is 0.617. The number of benzene rings is 1. The molecule has 0 aliphatic rings. The summed E-state index contributed by atoms with van der Waals surface area (Å²) in [6.45, 7) is 4.37. The zero-order chi connectivity index (χ0) is 17.0. The molecule has 0 aliphatic carbocycles. The Hall–Kier alpha value is -2.25. The van der Waals surface area contributed by atoms with E-state index in [9.17, 15) is 14.9 Å². The number of carboxylic acid groups (broad SMARTS) is 1. The summed E-state index contributed by atoms with van der Waals surface area (Å²) in [6.07, 6.45) is 0. The summed E-state index contributed by atoms with van der Waals surface area (Å²) in [5.74, 6) is -0.867. The maximum atomic E-state index is 11.1. The van der Waals surface area contributed by atoms with Crippen LogP contribution in [-0.2, 0) is 11.3 Å². The van der Waals surface area contributed by atoms with Crippen molar-refractivity contribution in [1.82, 2.24) is 4.90 Å². The minimum absolute atomic E-state index is 0.0314. The smallest absolute Gasteiger partial charge is 0.317 e. The van der Waals surface area contributed by atoms with Gasteiger partial charge in [0.15, 0.2) is 0 Å². The van der Waals surface area contributed by atoms with Crippen molar-refractivity contribution in [3.63, 3.8) is 0 Å². The number of para-hydroxylation sites is 1. The molecule has 6 nitrogen and oxygen atoms in total. The molecule has 2 rings (SSSR count). The number of hydrogen-bond donors (Lipinski definition) is 1. The van der Waals surface area contributed by atoms with Crippen LogP contribution in [0.1, 0.15) is 18.7 Å². The van der Waals surface area contributed by atoms with Crippen molar-refractivity contribution >= 4 is 23.0 Å². The number of carbonyl (C=O) groups is 1. The van der Waals surface area contributed by atoms with Gasteiger partial charge in [-0.15, -0.1) is 11.3 Å². The maximum Gasteiger partial charge on any atom is 0.317 e. The molecule has 1 N–H and O–H groups in total. The van der Waals surface area contributed by atoms with E-state index in [2.05, 4.69) is 0 Å². The zero-order valence-electron chi connectivity index (χ0n) is 12.9. The number of nitro benzene ring substituents is 1. The lowest BCUT2D eigenvalue weighted by Crippen LogP contribution is -2.34. The minimum atomic E-state index is -0.867. The van der Waals surface area contributed by atoms with Crippen LogP contribution in [0.5, 0.6) is 0 Å². The van der Waals surface area contributed by atoms with E-state index in [1.165, 1.54) is 17.4 Å². The Balaban J connectivity index is 2.24. The molecule has 0 radical (unpaired) electrons. The fourth-order valence-electron chi connectivity index (χ4n) is 2.24. The first-order valence-electron chi connectivity index (χ1n) is 7.17. The normalized spacial score (nSPS) is 11.1. The van der Waals surface area contributed by atoms with E-state index in [4.69, 9.17) is 5.11 Å². The Morgan fingerprint density at radius 2 is 2.00 bits per heavy atom. The van der Waals surface area contributed by atoms with Gasteiger partial charge in [-0.1, -0.05) is 12.1 Å². The van der Waals surface area contributed by atoms with E-state index in [1.807, 2.05) is 30.9 Å². The van der Waals surface area contributed by atoms with Gasteiger partial charge in [-0.2, -0.15) is 0 Å². The van der Waals surface area contributed by atoms with E-state index >= 15 is 0 Å². The second kappa shape index (κ2) is 7.34. The van der Waals surface area contributed by atoms with Crippen LogP contribution in [0.15, 0.2) is 36.4 Å². The van der Waals surface area contributed by atoms with Crippen LogP contribution >= 0.6 is 11.3 Å². The average molecular weight is 334 g/mol. The van der Waals surface area contributed by atoms with Crippen LogP contribution in [0.4, 0.5) is 5.69 Å². The lowest BCUT2D eigenvalue weighted by Gasteiger charge is -2.23. The molecule has 1 heterocycles. The zero-order valence-corrected chi connectivity index (χ0v) is 13.7. The van der Waals surface area contributed by atoms with Gasteiger partial charge in [0.05, 0.1) is 17.0 Å².